The monoisotopic (exact) mass is 989 g/mol. The van der Waals surface area contributed by atoms with Crippen molar-refractivity contribution in [3.8, 4) is 56.2 Å². The van der Waals surface area contributed by atoms with Crippen LogP contribution >= 0.6 is 0 Å². The minimum absolute atomic E-state index is 0.0231. The van der Waals surface area contributed by atoms with Crippen molar-refractivity contribution in [2.45, 2.75) is 0 Å². The molecule has 0 fully saturated rings. The SMILES string of the molecule is [2H]c1c([2H])c([2H])c(-c2cccc([Si](c3ccccc3)(c3ccccc3)c3c([2H])c(-c4nc(-c5ccccc5)cc(-c5ccccc5)n4)c([2H])c([Si](c4ccccc4)(c4ccccc4)c4cccc(-c5c([2H])c([2H])c([2H])c([2H])c5[2H])c4)c3[2H])c2)c([2H])c1[2H]. The van der Waals surface area contributed by atoms with Crippen molar-refractivity contribution in [3.05, 3.63) is 315 Å². The summed E-state index contributed by atoms with van der Waals surface area (Å²) in [6.45, 7) is 0. The van der Waals surface area contributed by atoms with Gasteiger partial charge in [0.1, 0.15) is 0 Å². The second-order valence-corrected chi connectivity index (χ2v) is 25.3. The molecule has 1 aromatic heterocycles. The Bertz CT molecular complexity index is 4180. The number of benzene rings is 11. The van der Waals surface area contributed by atoms with Gasteiger partial charge in [0.2, 0.25) is 0 Å². The molecule has 12 rings (SSSR count). The van der Waals surface area contributed by atoms with Crippen LogP contribution < -0.4 is 41.5 Å². The molecule has 0 aliphatic heterocycles. The summed E-state index contributed by atoms with van der Waals surface area (Å²) in [5.41, 5.74) is 3.14. The van der Waals surface area contributed by atoms with Gasteiger partial charge in [0, 0.05) is 16.7 Å². The summed E-state index contributed by atoms with van der Waals surface area (Å²) in [5.74, 6) is 0.0431. The zero-order valence-electron chi connectivity index (χ0n) is 52.9. The van der Waals surface area contributed by atoms with Crippen molar-refractivity contribution in [1.82, 2.24) is 9.97 Å². The van der Waals surface area contributed by atoms with Crippen LogP contribution in [0.4, 0.5) is 0 Å². The van der Waals surface area contributed by atoms with Crippen LogP contribution in [0.1, 0.15) is 17.8 Å². The third kappa shape index (κ3) is 8.66. The summed E-state index contributed by atoms with van der Waals surface area (Å²) in [6, 6.07) is 69.0. The van der Waals surface area contributed by atoms with Crippen molar-refractivity contribution >= 4 is 57.6 Å². The minimum Gasteiger partial charge on any atom is -0.228 e. The fourth-order valence-electron chi connectivity index (χ4n) is 10.3. The number of hydrogen-bond acceptors (Lipinski definition) is 2. The predicted molar refractivity (Wildman–Crippen MR) is 316 cm³/mol. The van der Waals surface area contributed by atoms with E-state index < -0.39 is 76.6 Å². The van der Waals surface area contributed by atoms with Gasteiger partial charge in [0.25, 0.3) is 0 Å². The summed E-state index contributed by atoms with van der Waals surface area (Å²) in [4.78, 5) is 10.7. The number of rotatable bonds is 13. The molecule has 0 saturated carbocycles. The largest absolute Gasteiger partial charge is 0.228 e. The maximum Gasteiger partial charge on any atom is 0.179 e. The number of hydrogen-bond donors (Lipinski definition) is 0. The Kier molecular flexibility index (Phi) is 9.33. The first-order valence-electron chi connectivity index (χ1n) is 30.8. The molecule has 0 bridgehead atoms. The Hall–Kier alpha value is -9.07. The van der Waals surface area contributed by atoms with Gasteiger partial charge >= 0.3 is 0 Å². The van der Waals surface area contributed by atoms with Crippen LogP contribution in [0.25, 0.3) is 56.2 Å². The molecule has 0 spiro atoms. The Morgan fingerprint density at radius 1 is 0.243 bits per heavy atom. The lowest BCUT2D eigenvalue weighted by molar-refractivity contribution is 1.18. The molecule has 11 aromatic carbocycles. The molecule has 0 atom stereocenters. The summed E-state index contributed by atoms with van der Waals surface area (Å²) in [7, 11) is -8.66. The molecule has 74 heavy (non-hydrogen) atoms. The Labute approximate surface area is 455 Å². The van der Waals surface area contributed by atoms with E-state index in [2.05, 4.69) is 0 Å². The zero-order chi connectivity index (χ0) is 60.9. The molecule has 0 amide bonds. The fraction of sp³-hybridized carbons (Fsp3) is 0. The summed E-state index contributed by atoms with van der Waals surface area (Å²) < 4.78 is 123. The quantitative estimate of drug-likeness (QED) is 0.0850. The highest BCUT2D eigenvalue weighted by Crippen LogP contribution is 2.29. The Morgan fingerprint density at radius 2 is 0.554 bits per heavy atom. The average Bonchev–Trinajstić information content (AvgIpc) is 0.700. The molecule has 0 unspecified atom stereocenters. The highest BCUT2D eigenvalue weighted by Gasteiger charge is 2.46. The molecule has 2 nitrogen and oxygen atoms in total. The molecule has 1 heterocycles. The van der Waals surface area contributed by atoms with Gasteiger partial charge in [0.15, 0.2) is 22.0 Å². The molecule has 0 N–H and O–H groups in total. The van der Waals surface area contributed by atoms with E-state index in [9.17, 15) is 9.60 Å². The van der Waals surface area contributed by atoms with E-state index in [1.807, 2.05) is 212 Å². The smallest absolute Gasteiger partial charge is 0.179 e. The molecule has 0 radical (unpaired) electrons. The van der Waals surface area contributed by atoms with E-state index in [0.29, 0.717) is 32.9 Å². The maximum atomic E-state index is 11.6. The molecule has 4 heteroatoms. The number of aromatic nitrogens is 2. The molecular weight excluding hydrogens is 925 g/mol. The second kappa shape index (κ2) is 20.6. The summed E-state index contributed by atoms with van der Waals surface area (Å²) in [5, 5.41) is 4.60. The van der Waals surface area contributed by atoms with Gasteiger partial charge in [-0.05, 0) is 69.8 Å². The van der Waals surface area contributed by atoms with E-state index in [1.165, 1.54) is 0 Å². The highest BCUT2D eigenvalue weighted by atomic mass is 28.3. The van der Waals surface area contributed by atoms with Crippen LogP contribution in [0.2, 0.25) is 0 Å². The van der Waals surface area contributed by atoms with E-state index in [4.69, 9.17) is 18.2 Å². The second-order valence-electron chi connectivity index (χ2n) is 17.8. The van der Waals surface area contributed by atoms with Gasteiger partial charge in [-0.1, -0.05) is 309 Å². The van der Waals surface area contributed by atoms with Gasteiger partial charge in [0.05, 0.1) is 29.2 Å². The van der Waals surface area contributed by atoms with Gasteiger partial charge in [-0.2, -0.15) is 0 Å². The first kappa shape index (κ1) is 33.6. The van der Waals surface area contributed by atoms with Crippen LogP contribution in [-0.4, -0.2) is 26.1 Å². The Balaban J connectivity index is 1.33. The lowest BCUT2D eigenvalue weighted by Crippen LogP contribution is -2.78. The lowest BCUT2D eigenvalue weighted by atomic mass is 10.1. The first-order valence-corrected chi connectivity index (χ1v) is 28.3. The first-order chi connectivity index (χ1) is 42.1. The van der Waals surface area contributed by atoms with Gasteiger partial charge in [-0.3, -0.25) is 0 Å². The maximum absolute atomic E-state index is 11.6. The van der Waals surface area contributed by atoms with Crippen molar-refractivity contribution in [2.24, 2.45) is 0 Å². The Morgan fingerprint density at radius 3 is 0.905 bits per heavy atom. The number of nitrogens with zero attached hydrogens (tertiary/aromatic N) is 2. The summed E-state index contributed by atoms with van der Waals surface area (Å²) >= 11 is 0. The van der Waals surface area contributed by atoms with Crippen molar-refractivity contribution < 1.29 is 17.8 Å². The summed E-state index contributed by atoms with van der Waals surface area (Å²) in [6.07, 6.45) is 0. The molecule has 0 saturated heterocycles. The minimum atomic E-state index is -4.33. The van der Waals surface area contributed by atoms with Crippen LogP contribution in [0.15, 0.2) is 315 Å². The van der Waals surface area contributed by atoms with Crippen LogP contribution in [-0.2, 0) is 0 Å². The van der Waals surface area contributed by atoms with E-state index in [1.54, 1.807) is 24.3 Å². The van der Waals surface area contributed by atoms with E-state index in [-0.39, 0.29) is 51.0 Å². The molecule has 0 aliphatic rings. The predicted octanol–water partition coefficient (Wildman–Crippen LogP) is 11.6. The van der Waals surface area contributed by atoms with E-state index in [0.717, 1.165) is 31.9 Å². The van der Waals surface area contributed by atoms with Crippen LogP contribution in [0.5, 0.6) is 0 Å². The van der Waals surface area contributed by atoms with Crippen molar-refractivity contribution in [1.29, 1.82) is 0 Å². The zero-order valence-corrected chi connectivity index (χ0v) is 41.9. The fourth-order valence-corrected chi connectivity index (χ4v) is 19.6. The molecule has 12 aromatic rings. The molecule has 350 valence electrons. The molecular formula is C70H52N2Si2. The van der Waals surface area contributed by atoms with Gasteiger partial charge < -0.3 is 0 Å². The van der Waals surface area contributed by atoms with E-state index >= 15 is 0 Å². The van der Waals surface area contributed by atoms with Gasteiger partial charge in [-0.15, -0.1) is 0 Å². The third-order valence-electron chi connectivity index (χ3n) is 13.6. The van der Waals surface area contributed by atoms with Crippen LogP contribution in [0.3, 0.4) is 0 Å². The highest BCUT2D eigenvalue weighted by molar-refractivity contribution is 7.22. The third-order valence-corrected chi connectivity index (χ3v) is 22.7. The van der Waals surface area contributed by atoms with Crippen molar-refractivity contribution in [3.63, 3.8) is 0 Å². The lowest BCUT2D eigenvalue weighted by Gasteiger charge is -2.38. The van der Waals surface area contributed by atoms with Crippen LogP contribution in [0, 0.1) is 0 Å². The van der Waals surface area contributed by atoms with Crippen molar-refractivity contribution in [2.75, 3.05) is 0 Å². The molecule has 0 aliphatic carbocycles. The van der Waals surface area contributed by atoms with Gasteiger partial charge in [-0.25, -0.2) is 9.97 Å². The topological polar surface area (TPSA) is 25.8 Å². The standard InChI is InChI=1S/C70H52N2Si2/c1-9-27-53(28-10-1)57-35-25-45-64(47-57)73(60-37-17-5-18-38-60,61-39-19-6-20-40-61)66-49-59(70-71-68(55-31-13-3-14-32-55)52-69(72-70)56-33-15-4-16-34-56)50-67(51-66)74(62-41-21-7-22-42-62,63-43-23-8-24-44-63)65-46-26-36-58(48-65)54-29-11-2-12-30-54/h1-52H/i1D,2D,9D,10D,11D,12D,27D,28D,29D,30D,49D,50D,51D. The average molecular weight is 990 g/mol. The normalized spacial score (nSPS) is 14.0.